The van der Waals surface area contributed by atoms with Gasteiger partial charge < -0.3 is 29.1 Å². The van der Waals surface area contributed by atoms with Crippen molar-refractivity contribution in [3.63, 3.8) is 0 Å². The van der Waals surface area contributed by atoms with Crippen molar-refractivity contribution in [2.45, 2.75) is 161 Å². The van der Waals surface area contributed by atoms with E-state index in [0.29, 0.717) is 43.1 Å². The number of hydrogen-bond acceptors (Lipinski definition) is 9. The number of carbonyl (C=O) groups is 2. The first kappa shape index (κ1) is 57.1. The summed E-state index contributed by atoms with van der Waals surface area (Å²) < 4.78 is 34.0. The van der Waals surface area contributed by atoms with Crippen LogP contribution in [-0.2, 0) is 32.7 Å². The summed E-state index contributed by atoms with van der Waals surface area (Å²) in [5, 5.41) is 20.2. The normalized spacial score (nSPS) is 15.4. The Kier molecular flexibility index (Phi) is 37.1. The van der Waals surface area contributed by atoms with Crippen LogP contribution in [-0.4, -0.2) is 97.3 Å². The molecule has 0 amide bonds. The van der Waals surface area contributed by atoms with Gasteiger partial charge in [0.15, 0.2) is 6.10 Å². The van der Waals surface area contributed by atoms with Crippen LogP contribution in [0.4, 0.5) is 0 Å². The molecule has 0 bridgehead atoms. The van der Waals surface area contributed by atoms with Crippen molar-refractivity contribution in [2.24, 2.45) is 0 Å². The van der Waals surface area contributed by atoms with Crippen molar-refractivity contribution in [3.05, 3.63) is 85.1 Å². The summed E-state index contributed by atoms with van der Waals surface area (Å²) in [6, 6.07) is 0. The Hall–Kier alpha value is -2.89. The van der Waals surface area contributed by atoms with Gasteiger partial charge in [-0.05, 0) is 64.2 Å². The van der Waals surface area contributed by atoms with Gasteiger partial charge in [0.1, 0.15) is 19.8 Å². The molecule has 0 aromatic carbocycles. The number of ether oxygens (including phenoxy) is 2. The molecule has 11 nitrogen and oxygen atoms in total. The Bertz CT molecular complexity index is 1330. The van der Waals surface area contributed by atoms with E-state index in [4.69, 9.17) is 18.5 Å². The molecular weight excluding hydrogens is 781 g/mol. The number of likely N-dealkylation sites (N-methyl/N-ethyl adjacent to an activating group) is 1. The number of aliphatic hydroxyl groups is 2. The molecule has 60 heavy (non-hydrogen) atoms. The molecule has 1 unspecified atom stereocenters. The fraction of sp³-hybridized carbons (Fsp3) is 0.667. The number of carbonyl (C=O) groups excluding carboxylic acids is 2. The lowest BCUT2D eigenvalue weighted by molar-refractivity contribution is -0.870. The Morgan fingerprint density at radius 3 is 1.73 bits per heavy atom. The van der Waals surface area contributed by atoms with E-state index >= 15 is 0 Å². The van der Waals surface area contributed by atoms with Gasteiger partial charge in [0.05, 0.1) is 40.0 Å². The van der Waals surface area contributed by atoms with Crippen molar-refractivity contribution >= 4 is 19.8 Å². The molecule has 0 rings (SSSR count). The van der Waals surface area contributed by atoms with E-state index in [1.54, 1.807) is 18.2 Å². The first-order chi connectivity index (χ1) is 28.8. The number of aliphatic hydroxyl groups excluding tert-OH is 2. The second-order valence-corrected chi connectivity index (χ2v) is 17.6. The number of quaternary nitrogens is 1. The molecule has 3 N–H and O–H groups in total. The Morgan fingerprint density at radius 1 is 0.600 bits per heavy atom. The van der Waals surface area contributed by atoms with Gasteiger partial charge in [0, 0.05) is 12.8 Å². The fourth-order valence-corrected chi connectivity index (χ4v) is 6.22. The maximum absolute atomic E-state index is 12.7. The minimum absolute atomic E-state index is 0.0192. The molecule has 12 heteroatoms. The van der Waals surface area contributed by atoms with Crippen molar-refractivity contribution in [1.82, 2.24) is 0 Å². The van der Waals surface area contributed by atoms with E-state index in [2.05, 4.69) is 44.2 Å². The molecule has 0 fully saturated rings. The summed E-state index contributed by atoms with van der Waals surface area (Å²) in [5.74, 6) is -1.10. The molecule has 0 radical (unpaired) electrons. The maximum Gasteiger partial charge on any atom is 0.472 e. The van der Waals surface area contributed by atoms with Crippen LogP contribution in [0.25, 0.3) is 0 Å². The molecule has 0 aliphatic heterocycles. The van der Waals surface area contributed by atoms with Crippen LogP contribution < -0.4 is 0 Å². The Balaban J connectivity index is 4.68. The van der Waals surface area contributed by atoms with Crippen LogP contribution in [0.3, 0.4) is 0 Å². The summed E-state index contributed by atoms with van der Waals surface area (Å²) in [6.45, 7) is 3.97. The third-order valence-corrected chi connectivity index (χ3v) is 10.1. The average molecular weight is 865 g/mol. The van der Waals surface area contributed by atoms with Gasteiger partial charge in [-0.1, -0.05) is 150 Å². The van der Waals surface area contributed by atoms with Crippen molar-refractivity contribution in [1.29, 1.82) is 0 Å². The monoisotopic (exact) mass is 865 g/mol. The largest absolute Gasteiger partial charge is 0.472 e. The van der Waals surface area contributed by atoms with Gasteiger partial charge >= 0.3 is 19.8 Å². The van der Waals surface area contributed by atoms with E-state index < -0.39 is 44.7 Å². The van der Waals surface area contributed by atoms with Gasteiger partial charge in [-0.2, -0.15) is 0 Å². The highest BCUT2D eigenvalue weighted by Gasteiger charge is 2.27. The van der Waals surface area contributed by atoms with Gasteiger partial charge in [-0.3, -0.25) is 18.6 Å². The van der Waals surface area contributed by atoms with Crippen LogP contribution in [0.1, 0.15) is 142 Å². The summed E-state index contributed by atoms with van der Waals surface area (Å²) in [6.07, 6.45) is 42.9. The summed E-state index contributed by atoms with van der Waals surface area (Å²) in [7, 11) is 1.30. The minimum Gasteiger partial charge on any atom is -0.462 e. The van der Waals surface area contributed by atoms with Gasteiger partial charge in [0.2, 0.25) is 0 Å². The quantitative estimate of drug-likeness (QED) is 0.0136. The Labute approximate surface area is 364 Å². The first-order valence-corrected chi connectivity index (χ1v) is 24.0. The number of esters is 2. The zero-order chi connectivity index (χ0) is 44.6. The molecule has 4 atom stereocenters. The molecule has 0 spiro atoms. The average Bonchev–Trinajstić information content (AvgIpc) is 3.19. The van der Waals surface area contributed by atoms with E-state index in [1.165, 1.54) is 38.5 Å². The van der Waals surface area contributed by atoms with Gasteiger partial charge in [-0.25, -0.2) is 4.57 Å². The molecule has 0 aliphatic carbocycles. The molecule has 344 valence electrons. The molecule has 0 heterocycles. The fourth-order valence-electron chi connectivity index (χ4n) is 5.48. The summed E-state index contributed by atoms with van der Waals surface area (Å²) in [5.41, 5.74) is 0. The van der Waals surface area contributed by atoms with Crippen LogP contribution in [0, 0.1) is 0 Å². The van der Waals surface area contributed by atoms with Crippen LogP contribution in [0.5, 0.6) is 0 Å². The van der Waals surface area contributed by atoms with E-state index in [9.17, 15) is 29.3 Å². The second-order valence-electron chi connectivity index (χ2n) is 16.1. The number of phosphoric ester groups is 1. The predicted molar refractivity (Wildman–Crippen MR) is 245 cm³/mol. The summed E-state index contributed by atoms with van der Waals surface area (Å²) >= 11 is 0. The lowest BCUT2D eigenvalue weighted by Gasteiger charge is -2.24. The molecular formula is C48H83NO10P+. The highest BCUT2D eigenvalue weighted by Crippen LogP contribution is 2.43. The van der Waals surface area contributed by atoms with Crippen LogP contribution in [0.2, 0.25) is 0 Å². The molecule has 0 aromatic heterocycles. The van der Waals surface area contributed by atoms with E-state index in [1.807, 2.05) is 57.6 Å². The number of nitrogens with zero attached hydrogens (tertiary/aromatic N) is 1. The topological polar surface area (TPSA) is 149 Å². The van der Waals surface area contributed by atoms with E-state index in [0.717, 1.165) is 44.9 Å². The number of unbranched alkanes of at least 4 members (excludes halogenated alkanes) is 9. The van der Waals surface area contributed by atoms with Gasteiger partial charge in [0.25, 0.3) is 0 Å². The lowest BCUT2D eigenvalue weighted by atomic mass is 10.1. The van der Waals surface area contributed by atoms with Crippen molar-refractivity contribution in [3.8, 4) is 0 Å². The minimum atomic E-state index is -4.45. The molecule has 0 aromatic rings. The number of rotatable bonds is 39. The zero-order valence-corrected chi connectivity index (χ0v) is 38.8. The highest BCUT2D eigenvalue weighted by molar-refractivity contribution is 7.47. The van der Waals surface area contributed by atoms with Crippen LogP contribution in [0.15, 0.2) is 85.1 Å². The van der Waals surface area contributed by atoms with Crippen LogP contribution >= 0.6 is 7.82 Å². The third-order valence-electron chi connectivity index (χ3n) is 9.11. The SMILES string of the molecule is CCCCCCCC/C=C\C/C=C\C/C=C\CCCC(=O)O[C@H](COC(=O)CCC[C@@H](O)/C=C/C=C\C/C=C\C=C\[C@@H](O)CCCCC)COP(=O)(O)OCC[N+](C)(C)C. The summed E-state index contributed by atoms with van der Waals surface area (Å²) in [4.78, 5) is 35.4. The predicted octanol–water partition coefficient (Wildman–Crippen LogP) is 10.7. The van der Waals surface area contributed by atoms with E-state index in [-0.39, 0.29) is 26.1 Å². The van der Waals surface area contributed by atoms with Crippen molar-refractivity contribution < 1.29 is 52.3 Å². The van der Waals surface area contributed by atoms with Crippen molar-refractivity contribution in [2.75, 3.05) is 47.5 Å². The van der Waals surface area contributed by atoms with Gasteiger partial charge in [-0.15, -0.1) is 0 Å². The number of phosphoric acid groups is 1. The Morgan fingerprint density at radius 2 is 1.12 bits per heavy atom. The second kappa shape index (κ2) is 39.0. The molecule has 0 aliphatic rings. The number of hydrogen-bond donors (Lipinski definition) is 3. The lowest BCUT2D eigenvalue weighted by Crippen LogP contribution is -2.37. The molecule has 0 saturated carbocycles. The highest BCUT2D eigenvalue weighted by atomic mass is 31.2. The first-order valence-electron chi connectivity index (χ1n) is 22.5. The zero-order valence-electron chi connectivity index (χ0n) is 37.9. The number of allylic oxidation sites excluding steroid dienone is 12. The molecule has 0 saturated heterocycles. The maximum atomic E-state index is 12.7. The smallest absolute Gasteiger partial charge is 0.462 e. The third kappa shape index (κ3) is 41.8. The standard InChI is InChI=1S/C48H82NO10P/c1-6-8-10-11-12-13-14-15-16-17-18-19-20-21-25-28-32-38-48(53)59-46(43-58-60(54,55)57-41-40-49(3,4)5)42-56-47(52)39-33-37-45(51)36-31-27-24-22-23-26-30-35-44(50)34-29-9-7-2/h15-16,18-19,21,23-27,30-31,35-36,44-46,50-51H,6-14,17,20,22,28-29,32-34,37-43H2,1-5H3/p+1/b16-15-,19-18-,25-21-,26-23-,27-24-,35-30+,36-31+/t44-,45-,46+/m0/s1.